The Bertz CT molecular complexity index is 318. The van der Waals surface area contributed by atoms with Crippen LogP contribution in [0.15, 0.2) is 24.3 Å². The predicted octanol–water partition coefficient (Wildman–Crippen LogP) is 2.82. The van der Waals surface area contributed by atoms with E-state index in [0.717, 1.165) is 17.8 Å². The Kier molecular flexibility index (Phi) is 4.08. The summed E-state index contributed by atoms with van der Waals surface area (Å²) >= 11 is 5.24. The van der Waals surface area contributed by atoms with Crippen LogP contribution in [-0.4, -0.2) is 24.0 Å². The smallest absolute Gasteiger partial charge is 0.0777 e. The molecule has 14 heavy (non-hydrogen) atoms. The lowest BCUT2D eigenvalue weighted by atomic mass is 10.1. The molecule has 0 spiro atoms. The minimum atomic E-state index is 0.964. The van der Waals surface area contributed by atoms with E-state index in [-0.39, 0.29) is 0 Å². The third kappa shape index (κ3) is 3.46. The summed E-state index contributed by atoms with van der Waals surface area (Å²) in [6.07, 6.45) is 2.00. The Morgan fingerprint density at radius 1 is 1.36 bits per heavy atom. The molecule has 0 radical (unpaired) electrons. The van der Waals surface area contributed by atoms with Crippen LogP contribution in [0.25, 0.3) is 0 Å². The van der Waals surface area contributed by atoms with Gasteiger partial charge in [-0.3, -0.25) is 0 Å². The first-order chi connectivity index (χ1) is 6.59. The summed E-state index contributed by atoms with van der Waals surface area (Å²) in [5.74, 6) is 0. The Labute approximate surface area is 91.7 Å². The molecular weight excluding hydrogens is 190 g/mol. The van der Waals surface area contributed by atoms with Gasteiger partial charge in [0, 0.05) is 20.5 Å². The third-order valence-electron chi connectivity index (χ3n) is 2.21. The predicted molar refractivity (Wildman–Crippen MR) is 65.8 cm³/mol. The van der Waals surface area contributed by atoms with Crippen LogP contribution in [0.1, 0.15) is 17.5 Å². The van der Waals surface area contributed by atoms with E-state index in [1.165, 1.54) is 11.1 Å². The lowest BCUT2D eigenvalue weighted by Gasteiger charge is -2.13. The van der Waals surface area contributed by atoms with Crippen molar-refractivity contribution in [3.8, 4) is 0 Å². The van der Waals surface area contributed by atoms with Crippen molar-refractivity contribution in [2.24, 2.45) is 0 Å². The summed E-state index contributed by atoms with van der Waals surface area (Å²) in [4.78, 5) is 3.03. The molecular formula is C12H17NS. The van der Waals surface area contributed by atoms with Crippen molar-refractivity contribution in [3.05, 3.63) is 35.4 Å². The van der Waals surface area contributed by atoms with Crippen LogP contribution in [0, 0.1) is 6.92 Å². The maximum Gasteiger partial charge on any atom is 0.0777 e. The maximum absolute atomic E-state index is 5.24. The highest BCUT2D eigenvalue weighted by Gasteiger charge is 2.00. The van der Waals surface area contributed by atoms with Gasteiger partial charge in [-0.2, -0.15) is 0 Å². The topological polar surface area (TPSA) is 3.24 Å². The first kappa shape index (κ1) is 11.2. The van der Waals surface area contributed by atoms with Crippen LogP contribution in [0.4, 0.5) is 0 Å². The van der Waals surface area contributed by atoms with Gasteiger partial charge in [0.05, 0.1) is 4.99 Å². The molecule has 0 fully saturated rings. The van der Waals surface area contributed by atoms with Crippen molar-refractivity contribution in [2.45, 2.75) is 19.8 Å². The molecule has 0 N–H and O–H groups in total. The van der Waals surface area contributed by atoms with Gasteiger partial charge in [0.25, 0.3) is 0 Å². The summed E-state index contributed by atoms with van der Waals surface area (Å²) < 4.78 is 0. The first-order valence-corrected chi connectivity index (χ1v) is 5.26. The van der Waals surface area contributed by atoms with Gasteiger partial charge in [0.1, 0.15) is 0 Å². The minimum absolute atomic E-state index is 0.964. The van der Waals surface area contributed by atoms with Crippen LogP contribution in [-0.2, 0) is 6.42 Å². The second-order valence-electron chi connectivity index (χ2n) is 3.78. The molecule has 0 unspecified atom stereocenters. The van der Waals surface area contributed by atoms with E-state index in [0.29, 0.717) is 0 Å². The lowest BCUT2D eigenvalue weighted by molar-refractivity contribution is 0.617. The van der Waals surface area contributed by atoms with Gasteiger partial charge in [0.2, 0.25) is 0 Å². The summed E-state index contributed by atoms with van der Waals surface area (Å²) in [5.41, 5.74) is 2.69. The third-order valence-corrected chi connectivity index (χ3v) is 2.78. The van der Waals surface area contributed by atoms with E-state index in [9.17, 15) is 0 Å². The molecule has 0 aliphatic carbocycles. The Morgan fingerprint density at radius 2 is 2.07 bits per heavy atom. The van der Waals surface area contributed by atoms with E-state index in [1.807, 2.05) is 19.0 Å². The Morgan fingerprint density at radius 3 is 2.64 bits per heavy atom. The first-order valence-electron chi connectivity index (χ1n) is 4.85. The van der Waals surface area contributed by atoms with Crippen LogP contribution in [0.2, 0.25) is 0 Å². The van der Waals surface area contributed by atoms with Gasteiger partial charge in [0.15, 0.2) is 0 Å². The van der Waals surface area contributed by atoms with Crippen molar-refractivity contribution in [1.29, 1.82) is 0 Å². The maximum atomic E-state index is 5.24. The minimum Gasteiger partial charge on any atom is -0.372 e. The molecule has 1 aromatic rings. The normalized spacial score (nSPS) is 9.93. The molecule has 2 heteroatoms. The molecule has 0 amide bonds. The molecule has 0 aliphatic heterocycles. The number of hydrogen-bond donors (Lipinski definition) is 0. The zero-order valence-electron chi connectivity index (χ0n) is 9.08. The summed E-state index contributed by atoms with van der Waals surface area (Å²) in [5, 5.41) is 0. The highest BCUT2D eigenvalue weighted by Crippen LogP contribution is 2.07. The SMILES string of the molecule is Cc1cccc(CCC(=S)N(C)C)c1. The lowest BCUT2D eigenvalue weighted by Crippen LogP contribution is -2.19. The fourth-order valence-corrected chi connectivity index (χ4v) is 1.44. The fourth-order valence-electron chi connectivity index (χ4n) is 1.34. The van der Waals surface area contributed by atoms with Gasteiger partial charge >= 0.3 is 0 Å². The second-order valence-corrected chi connectivity index (χ2v) is 4.25. The van der Waals surface area contributed by atoms with Gasteiger partial charge < -0.3 is 4.90 Å². The van der Waals surface area contributed by atoms with Crippen molar-refractivity contribution in [1.82, 2.24) is 4.90 Å². The van der Waals surface area contributed by atoms with E-state index in [2.05, 4.69) is 31.2 Å². The number of thiocarbonyl (C=S) groups is 1. The van der Waals surface area contributed by atoms with Gasteiger partial charge in [-0.05, 0) is 18.9 Å². The molecule has 0 aromatic heterocycles. The molecule has 0 saturated carbocycles. The summed E-state index contributed by atoms with van der Waals surface area (Å²) in [7, 11) is 4.00. The molecule has 0 aliphatic rings. The number of rotatable bonds is 3. The highest BCUT2D eigenvalue weighted by molar-refractivity contribution is 7.80. The highest BCUT2D eigenvalue weighted by atomic mass is 32.1. The van der Waals surface area contributed by atoms with Gasteiger partial charge in [-0.15, -0.1) is 0 Å². The molecule has 0 atom stereocenters. The molecule has 1 aromatic carbocycles. The van der Waals surface area contributed by atoms with Crippen molar-refractivity contribution < 1.29 is 0 Å². The quantitative estimate of drug-likeness (QED) is 0.701. The van der Waals surface area contributed by atoms with E-state index in [1.54, 1.807) is 0 Å². The van der Waals surface area contributed by atoms with E-state index in [4.69, 9.17) is 12.2 Å². The molecule has 76 valence electrons. The monoisotopic (exact) mass is 207 g/mol. The van der Waals surface area contributed by atoms with Crippen molar-refractivity contribution >= 4 is 17.2 Å². The summed E-state index contributed by atoms with van der Waals surface area (Å²) in [6, 6.07) is 8.60. The van der Waals surface area contributed by atoms with Crippen LogP contribution < -0.4 is 0 Å². The van der Waals surface area contributed by atoms with Crippen LogP contribution >= 0.6 is 12.2 Å². The molecule has 0 saturated heterocycles. The Hall–Kier alpha value is -0.890. The van der Waals surface area contributed by atoms with Gasteiger partial charge in [-0.1, -0.05) is 42.0 Å². The molecule has 0 bridgehead atoms. The largest absolute Gasteiger partial charge is 0.372 e. The average molecular weight is 207 g/mol. The standard InChI is InChI=1S/C12H17NS/c1-10-5-4-6-11(9-10)7-8-12(14)13(2)3/h4-6,9H,7-8H2,1-3H3. The van der Waals surface area contributed by atoms with Crippen LogP contribution in [0.3, 0.4) is 0 Å². The number of hydrogen-bond acceptors (Lipinski definition) is 1. The average Bonchev–Trinajstić information content (AvgIpc) is 2.14. The number of aryl methyl sites for hydroxylation is 2. The fraction of sp³-hybridized carbons (Fsp3) is 0.417. The van der Waals surface area contributed by atoms with Crippen molar-refractivity contribution in [2.75, 3.05) is 14.1 Å². The Balaban J connectivity index is 2.50. The molecule has 1 nitrogen and oxygen atoms in total. The molecule has 0 heterocycles. The van der Waals surface area contributed by atoms with Gasteiger partial charge in [-0.25, -0.2) is 0 Å². The molecule has 1 rings (SSSR count). The summed E-state index contributed by atoms with van der Waals surface area (Å²) in [6.45, 7) is 2.12. The van der Waals surface area contributed by atoms with E-state index >= 15 is 0 Å². The second kappa shape index (κ2) is 5.11. The number of nitrogens with zero attached hydrogens (tertiary/aromatic N) is 1. The van der Waals surface area contributed by atoms with Crippen LogP contribution in [0.5, 0.6) is 0 Å². The zero-order valence-corrected chi connectivity index (χ0v) is 9.90. The zero-order chi connectivity index (χ0) is 10.6. The van der Waals surface area contributed by atoms with E-state index < -0.39 is 0 Å². The number of benzene rings is 1. The van der Waals surface area contributed by atoms with Crippen molar-refractivity contribution in [3.63, 3.8) is 0 Å².